The summed E-state index contributed by atoms with van der Waals surface area (Å²) < 4.78 is 1.44. The predicted molar refractivity (Wildman–Crippen MR) is 75.3 cm³/mol. The maximum absolute atomic E-state index is 12.2. The molecule has 2 rings (SSSR count). The van der Waals surface area contributed by atoms with Crippen molar-refractivity contribution in [1.82, 2.24) is 14.8 Å². The maximum atomic E-state index is 12.2. The lowest BCUT2D eigenvalue weighted by molar-refractivity contribution is 0.102. The van der Waals surface area contributed by atoms with Crippen LogP contribution >= 0.6 is 11.3 Å². The molecule has 0 aliphatic heterocycles. The molecule has 20 heavy (non-hydrogen) atoms. The first-order valence-corrected chi connectivity index (χ1v) is 6.51. The molecule has 0 saturated carbocycles. The van der Waals surface area contributed by atoms with Crippen LogP contribution in [0.5, 0.6) is 0 Å². The van der Waals surface area contributed by atoms with Crippen LogP contribution in [0.3, 0.4) is 0 Å². The van der Waals surface area contributed by atoms with E-state index in [0.29, 0.717) is 22.0 Å². The highest BCUT2D eigenvalue weighted by molar-refractivity contribution is 7.13. The van der Waals surface area contributed by atoms with Crippen molar-refractivity contribution in [3.63, 3.8) is 0 Å². The van der Waals surface area contributed by atoms with Crippen LogP contribution in [0.1, 0.15) is 25.9 Å². The number of amides is 1. The number of carbonyl (C=O) groups excluding carboxylic acids is 1. The van der Waals surface area contributed by atoms with E-state index in [2.05, 4.69) is 20.6 Å². The fraction of sp³-hybridized carbons (Fsp3) is 0.273. The molecule has 0 aliphatic carbocycles. The zero-order chi connectivity index (χ0) is 14.9. The summed E-state index contributed by atoms with van der Waals surface area (Å²) in [6.45, 7) is 3.60. The van der Waals surface area contributed by atoms with Crippen LogP contribution < -0.4 is 11.1 Å². The molecule has 2 aromatic heterocycles. The number of aromatic nitrogens is 3. The number of oxime groups is 1. The second-order valence-corrected chi connectivity index (χ2v) is 5.32. The Hall–Kier alpha value is -2.42. The molecular formula is C11H14N6O2S. The van der Waals surface area contributed by atoms with Gasteiger partial charge in [-0.25, -0.2) is 4.98 Å². The van der Waals surface area contributed by atoms with E-state index >= 15 is 0 Å². The summed E-state index contributed by atoms with van der Waals surface area (Å²) in [5.74, 6) is -0.0648. The molecule has 0 spiro atoms. The number of nitrogens with zero attached hydrogens (tertiary/aromatic N) is 4. The summed E-state index contributed by atoms with van der Waals surface area (Å²) in [6.07, 6.45) is 1.41. The molecule has 8 nitrogen and oxygen atoms in total. The van der Waals surface area contributed by atoms with Gasteiger partial charge in [-0.15, -0.1) is 11.3 Å². The third-order valence-corrected chi connectivity index (χ3v) is 3.74. The summed E-state index contributed by atoms with van der Waals surface area (Å²) in [6, 6.07) is 0. The molecule has 0 radical (unpaired) electrons. The number of rotatable bonds is 3. The van der Waals surface area contributed by atoms with Crippen LogP contribution in [-0.4, -0.2) is 31.7 Å². The number of hydrogen-bond donors (Lipinski definition) is 3. The number of carbonyl (C=O) groups is 1. The van der Waals surface area contributed by atoms with Crippen molar-refractivity contribution in [2.75, 3.05) is 5.32 Å². The van der Waals surface area contributed by atoms with E-state index in [1.54, 1.807) is 14.0 Å². The number of thiazole rings is 1. The zero-order valence-corrected chi connectivity index (χ0v) is 12.0. The van der Waals surface area contributed by atoms with Crippen LogP contribution in [0.4, 0.5) is 5.82 Å². The highest BCUT2D eigenvalue weighted by Crippen LogP contribution is 2.20. The van der Waals surface area contributed by atoms with Crippen LogP contribution in [0.2, 0.25) is 0 Å². The van der Waals surface area contributed by atoms with Gasteiger partial charge in [0, 0.05) is 7.05 Å². The van der Waals surface area contributed by atoms with E-state index < -0.39 is 0 Å². The van der Waals surface area contributed by atoms with Gasteiger partial charge in [0.15, 0.2) is 5.84 Å². The molecule has 2 aromatic rings. The Labute approximate surface area is 118 Å². The van der Waals surface area contributed by atoms with E-state index in [0.717, 1.165) is 5.01 Å². The van der Waals surface area contributed by atoms with Crippen molar-refractivity contribution < 1.29 is 10.0 Å². The first-order valence-electron chi connectivity index (χ1n) is 5.69. The van der Waals surface area contributed by atoms with Crippen molar-refractivity contribution in [2.24, 2.45) is 17.9 Å². The van der Waals surface area contributed by atoms with Gasteiger partial charge in [-0.05, 0) is 13.8 Å². The van der Waals surface area contributed by atoms with Crippen molar-refractivity contribution in [3.05, 3.63) is 27.3 Å². The summed E-state index contributed by atoms with van der Waals surface area (Å²) >= 11 is 1.31. The second-order valence-electron chi connectivity index (χ2n) is 4.12. The summed E-state index contributed by atoms with van der Waals surface area (Å²) in [5.41, 5.74) is 6.56. The number of nitrogens with one attached hydrogen (secondary N) is 1. The van der Waals surface area contributed by atoms with Crippen LogP contribution in [0.25, 0.3) is 0 Å². The molecule has 9 heteroatoms. The quantitative estimate of drug-likeness (QED) is 0.335. The lowest BCUT2D eigenvalue weighted by Gasteiger charge is -2.07. The minimum absolute atomic E-state index is 0.120. The van der Waals surface area contributed by atoms with E-state index in [1.165, 1.54) is 22.2 Å². The van der Waals surface area contributed by atoms with Gasteiger partial charge in [0.05, 0.1) is 22.5 Å². The third kappa shape index (κ3) is 2.48. The fourth-order valence-corrected chi connectivity index (χ4v) is 2.55. The first-order chi connectivity index (χ1) is 9.43. The van der Waals surface area contributed by atoms with Gasteiger partial charge in [-0.2, -0.15) is 5.10 Å². The lowest BCUT2D eigenvalue weighted by Crippen LogP contribution is -2.19. The van der Waals surface area contributed by atoms with Crippen molar-refractivity contribution in [1.29, 1.82) is 0 Å². The maximum Gasteiger partial charge on any atom is 0.268 e. The van der Waals surface area contributed by atoms with E-state index in [1.807, 2.05) is 6.92 Å². The smallest absolute Gasteiger partial charge is 0.268 e. The molecule has 1 amide bonds. The largest absolute Gasteiger partial charge is 0.409 e. The molecule has 0 fully saturated rings. The molecule has 0 aliphatic rings. The minimum Gasteiger partial charge on any atom is -0.409 e. The molecule has 0 saturated heterocycles. The lowest BCUT2D eigenvalue weighted by atomic mass is 10.3. The van der Waals surface area contributed by atoms with Crippen LogP contribution in [0.15, 0.2) is 11.4 Å². The number of hydrogen-bond acceptors (Lipinski definition) is 6. The van der Waals surface area contributed by atoms with E-state index in [9.17, 15) is 4.79 Å². The first kappa shape index (κ1) is 14.0. The molecule has 0 bridgehead atoms. The third-order valence-electron chi connectivity index (χ3n) is 2.66. The van der Waals surface area contributed by atoms with E-state index in [-0.39, 0.29) is 11.7 Å². The van der Waals surface area contributed by atoms with Crippen LogP contribution in [-0.2, 0) is 7.05 Å². The van der Waals surface area contributed by atoms with Gasteiger partial charge in [0.1, 0.15) is 10.7 Å². The highest BCUT2D eigenvalue weighted by Gasteiger charge is 2.19. The zero-order valence-electron chi connectivity index (χ0n) is 11.2. The van der Waals surface area contributed by atoms with Crippen molar-refractivity contribution >= 4 is 28.9 Å². The average molecular weight is 294 g/mol. The van der Waals surface area contributed by atoms with Gasteiger partial charge >= 0.3 is 0 Å². The normalized spacial score (nSPS) is 11.7. The van der Waals surface area contributed by atoms with Crippen LogP contribution in [0, 0.1) is 13.8 Å². The highest BCUT2D eigenvalue weighted by atomic mass is 32.1. The molecule has 4 N–H and O–H groups in total. The molecule has 0 atom stereocenters. The molecule has 2 heterocycles. The Morgan fingerprint density at radius 1 is 1.55 bits per heavy atom. The van der Waals surface area contributed by atoms with Crippen molar-refractivity contribution in [2.45, 2.75) is 13.8 Å². The fourth-order valence-electron chi connectivity index (χ4n) is 1.73. The topological polar surface area (TPSA) is 118 Å². The van der Waals surface area contributed by atoms with Gasteiger partial charge < -0.3 is 16.3 Å². The summed E-state index contributed by atoms with van der Waals surface area (Å²) in [5, 5.41) is 19.1. The average Bonchev–Trinajstić information content (AvgIpc) is 2.92. The Bertz CT molecular complexity index is 687. The van der Waals surface area contributed by atoms with E-state index in [4.69, 9.17) is 10.9 Å². The van der Waals surface area contributed by atoms with Gasteiger partial charge in [0.25, 0.3) is 5.91 Å². The molecule has 0 aromatic carbocycles. The number of aryl methyl sites for hydroxylation is 3. The Kier molecular flexibility index (Phi) is 3.70. The van der Waals surface area contributed by atoms with Crippen molar-refractivity contribution in [3.8, 4) is 0 Å². The number of anilines is 1. The van der Waals surface area contributed by atoms with Gasteiger partial charge in [-0.3, -0.25) is 9.48 Å². The summed E-state index contributed by atoms with van der Waals surface area (Å²) in [4.78, 5) is 17.0. The Morgan fingerprint density at radius 2 is 2.25 bits per heavy atom. The monoisotopic (exact) mass is 294 g/mol. The minimum atomic E-state index is -0.302. The standard InChI is InChI=1S/C11H14N6O2S/c1-5-8(20-6(2)14-5)11(18)15-10-7(9(12)16-19)4-13-17(10)3/h4,19H,1-3H3,(H2,12,16)(H,15,18). The second kappa shape index (κ2) is 5.29. The molecule has 106 valence electrons. The summed E-state index contributed by atoms with van der Waals surface area (Å²) in [7, 11) is 1.65. The molecular weight excluding hydrogens is 280 g/mol. The molecule has 0 unspecified atom stereocenters. The Morgan fingerprint density at radius 3 is 2.80 bits per heavy atom. The number of nitrogens with two attached hydrogens (primary N) is 1. The Balaban J connectivity index is 2.33. The van der Waals surface area contributed by atoms with Gasteiger partial charge in [0.2, 0.25) is 0 Å². The van der Waals surface area contributed by atoms with Gasteiger partial charge in [-0.1, -0.05) is 5.16 Å². The number of amidine groups is 1. The SMILES string of the molecule is Cc1nc(C)c(C(=O)Nc2c(C(N)=NO)cnn2C)s1. The predicted octanol–water partition coefficient (Wildman–Crippen LogP) is 0.840.